The first-order valence-corrected chi connectivity index (χ1v) is 57.1. The maximum atomic E-state index is 15.2. The third kappa shape index (κ3) is 20.5. The molecule has 0 saturated carbocycles. The Morgan fingerprint density at radius 1 is 0.317 bits per heavy atom. The van der Waals surface area contributed by atoms with Gasteiger partial charge < -0.3 is 0 Å². The van der Waals surface area contributed by atoms with Crippen LogP contribution in [-0.4, -0.2) is 11.6 Å². The molecule has 710 valence electrons. The number of nitrogens with zero attached hydrogens (tertiary/aromatic N) is 4. The molecule has 11 heteroatoms. The van der Waals surface area contributed by atoms with E-state index in [1.54, 1.807) is 0 Å². The lowest BCUT2D eigenvalue weighted by atomic mass is 9.65. The lowest BCUT2D eigenvalue weighted by Gasteiger charge is -2.35. The van der Waals surface area contributed by atoms with E-state index in [1.165, 1.54) is 281 Å². The SMILES string of the molecule is [C-]#[N+]C(C#N)=C1/C(=C/C=C/c2cc3c(s2)-c2sc4c5c(sc4c2C3(c2cc(CCCCCC)cc(CCCCCC)c2)c2cc(CCCCCC)cc(CCCCCC)c2)-c2sc3cc(/C=C/C=C4\C(=O)c6cc7ccccc7cc6\C4=C(\C#N)[N+]#[C-])sc3c2C5(c2cc(CCCCCC)cc(CCCCCC)c2)c2cc(CCCCCC)cc(CCCCCC)c2)C(=O)c2cc3ccccc3cc21. The molecule has 0 saturated heterocycles. The number of fused-ring (bicyclic) bond motifs is 15. The smallest absolute Gasteiger partial charge is 0.270 e. The molecule has 0 amide bonds. The van der Waals surface area contributed by atoms with Gasteiger partial charge in [-0.3, -0.25) is 9.59 Å². The molecule has 0 N–H and O–H groups in total. The summed E-state index contributed by atoms with van der Waals surface area (Å²) in [5.74, 6) is -0.360. The van der Waals surface area contributed by atoms with E-state index in [1.807, 2.05) is 131 Å². The summed E-state index contributed by atoms with van der Waals surface area (Å²) in [5.41, 5.74) is 24.5. The topological polar surface area (TPSA) is 90.4 Å². The fourth-order valence-electron chi connectivity index (χ4n) is 22.9. The van der Waals surface area contributed by atoms with Crippen LogP contribution in [0.5, 0.6) is 0 Å². The van der Waals surface area contributed by atoms with Crippen LogP contribution in [0.3, 0.4) is 0 Å². The number of thiophene rings is 5. The summed E-state index contributed by atoms with van der Waals surface area (Å²) < 4.78 is 5.32. The molecule has 0 atom stereocenters. The Morgan fingerprint density at radius 2 is 0.604 bits per heavy atom. The van der Waals surface area contributed by atoms with Gasteiger partial charge in [-0.15, -0.1) is 56.7 Å². The monoisotopic (exact) mass is 1920 g/mol. The summed E-state index contributed by atoms with van der Waals surface area (Å²) >= 11 is 9.93. The minimum absolute atomic E-state index is 0.0857. The second-order valence-electron chi connectivity index (χ2n) is 39.9. The quantitative estimate of drug-likeness (QED) is 0.0164. The molecule has 4 aliphatic rings. The first-order valence-electron chi connectivity index (χ1n) is 53.1. The third-order valence-corrected chi connectivity index (χ3v) is 36.2. The second-order valence-corrected chi connectivity index (χ2v) is 45.1. The van der Waals surface area contributed by atoms with Gasteiger partial charge in [0.15, 0.2) is 11.6 Å². The molecule has 0 spiro atoms. The zero-order chi connectivity index (χ0) is 96.5. The van der Waals surface area contributed by atoms with E-state index < -0.39 is 10.8 Å². The van der Waals surface area contributed by atoms with Crippen LogP contribution in [0.4, 0.5) is 0 Å². The standard InChI is InChI=1S/C128H136N4O2S5/c1-11-19-27-35-49-85-65-86(50-36-28-20-12-2)70-97(69-85)127(98-71-87(51-37-29-21-13-3)66-88(72-98)52-38-30-22-14-4)109-81-101(61-47-63-103-113(110(83-129)131-9)105-77-93-57-43-45-59-95(93)79-107(105)118(103)133)135-120(109)122-116(127)124-126(138-122)117-125(139-124)123-115(121-112(137-123)82-102(136-121)62-48-64-104-114(111(84-130)132-10)106-78-94-58-44-46-60-96(94)80-108(106)119(104)134)128(117,99-73-89(53-39-31-23-15-5)67-90(74-99)54-40-32-24-16-6)100-75-91(55-41-33-25-17-7)68-92(76-100)56-42-34-26-18-8/h43-48,57-82H,11-42,49-56H2,1-8H3/b61-47+,62-48+,103-63-,104-64-,113-110?,114-111-. The van der Waals surface area contributed by atoms with Crippen LogP contribution < -0.4 is 0 Å². The molecule has 4 aliphatic carbocycles. The molecule has 139 heavy (non-hydrogen) atoms. The number of hydrogen-bond donors (Lipinski definition) is 0. The van der Waals surface area contributed by atoms with Gasteiger partial charge >= 0.3 is 0 Å². The molecule has 8 aromatic carbocycles. The number of benzene rings is 8. The summed E-state index contributed by atoms with van der Waals surface area (Å²) in [4.78, 5) is 45.3. The highest BCUT2D eigenvalue weighted by Crippen LogP contribution is 2.72. The first kappa shape index (κ1) is 99.6. The number of Topliss-reactive ketones (excluding diaryl/α,β-unsaturated/α-hetero) is 2. The minimum atomic E-state index is -0.825. The zero-order valence-corrected chi connectivity index (χ0v) is 87.5. The van der Waals surface area contributed by atoms with Crippen molar-refractivity contribution in [1.29, 1.82) is 10.5 Å². The predicted octanol–water partition coefficient (Wildman–Crippen LogP) is 38.3. The highest BCUT2D eigenvalue weighted by molar-refractivity contribution is 7.36. The van der Waals surface area contributed by atoms with E-state index in [0.717, 1.165) is 134 Å². The number of unbranched alkanes of at least 4 members (excludes halogenated alkanes) is 24. The van der Waals surface area contributed by atoms with Crippen molar-refractivity contribution < 1.29 is 9.59 Å². The lowest BCUT2D eigenvalue weighted by molar-refractivity contribution is 0.103. The van der Waals surface area contributed by atoms with E-state index >= 15 is 4.79 Å². The van der Waals surface area contributed by atoms with Gasteiger partial charge in [0.1, 0.15) is 0 Å². The van der Waals surface area contributed by atoms with Crippen molar-refractivity contribution in [2.45, 2.75) is 323 Å². The van der Waals surface area contributed by atoms with Crippen LogP contribution in [-0.2, 0) is 62.2 Å². The van der Waals surface area contributed by atoms with Crippen molar-refractivity contribution >= 4 is 132 Å². The Morgan fingerprint density at radius 3 is 0.921 bits per heavy atom. The fourth-order valence-corrected chi connectivity index (χ4v) is 30.1. The fraction of sp³-hybridized carbons (Fsp3) is 0.391. The van der Waals surface area contributed by atoms with Crippen LogP contribution in [0.25, 0.3) is 92.8 Å². The maximum Gasteiger partial charge on any atom is 0.270 e. The number of hydrogen-bond acceptors (Lipinski definition) is 9. The Labute approximate surface area is 848 Å². The van der Waals surface area contributed by atoms with E-state index in [-0.39, 0.29) is 23.0 Å². The molecule has 0 bridgehead atoms. The van der Waals surface area contributed by atoms with E-state index in [0.29, 0.717) is 44.5 Å². The number of allylic oxidation sites excluding steroid dienone is 10. The van der Waals surface area contributed by atoms with Crippen molar-refractivity contribution in [2.24, 2.45) is 0 Å². The summed E-state index contributed by atoms with van der Waals surface area (Å²) in [6.45, 7) is 35.4. The number of rotatable bonds is 48. The van der Waals surface area contributed by atoms with Crippen LogP contribution >= 0.6 is 56.7 Å². The molecule has 5 aromatic heterocycles. The van der Waals surface area contributed by atoms with E-state index in [9.17, 15) is 15.3 Å². The molecular weight excluding hydrogens is 1790 g/mol. The van der Waals surface area contributed by atoms with Crippen molar-refractivity contribution in [3.63, 3.8) is 0 Å². The Kier molecular flexibility index (Phi) is 33.4. The van der Waals surface area contributed by atoms with Crippen LogP contribution in [0, 0.1) is 35.8 Å². The molecule has 0 fully saturated rings. The molecule has 0 radical (unpaired) electrons. The zero-order valence-electron chi connectivity index (χ0n) is 83.4. The van der Waals surface area contributed by atoms with E-state index in [4.69, 9.17) is 13.1 Å². The predicted molar refractivity (Wildman–Crippen MR) is 597 cm³/mol. The number of ketones is 2. The first-order chi connectivity index (χ1) is 68.2. The maximum absolute atomic E-state index is 15.2. The lowest BCUT2D eigenvalue weighted by Crippen LogP contribution is -2.30. The Bertz CT molecular complexity index is 6830. The molecule has 6 nitrogen and oxygen atoms in total. The van der Waals surface area contributed by atoms with Crippen LogP contribution in [0.1, 0.15) is 391 Å². The number of nitriles is 2. The van der Waals surface area contributed by atoms with Crippen LogP contribution in [0.15, 0.2) is 205 Å². The average Bonchev–Trinajstić information content (AvgIpc) is 1.48. The molecule has 13 aromatic rings. The van der Waals surface area contributed by atoms with Gasteiger partial charge in [-0.2, -0.15) is 0 Å². The van der Waals surface area contributed by atoms with Crippen molar-refractivity contribution in [3.8, 4) is 31.6 Å². The Balaban J connectivity index is 0.986. The normalized spacial score (nSPS) is 15.2. The summed E-state index contributed by atoms with van der Waals surface area (Å²) in [6, 6.07) is 65.5. The number of aryl methyl sites for hydroxylation is 8. The largest absolute Gasteiger partial charge is 0.289 e. The van der Waals surface area contributed by atoms with Gasteiger partial charge in [-0.1, -0.05) is 355 Å². The highest BCUT2D eigenvalue weighted by atomic mass is 32.1. The third-order valence-electron chi connectivity index (χ3n) is 29.9. The number of carbonyl (C=O) groups is 2. The van der Waals surface area contributed by atoms with Gasteiger partial charge in [-0.25, -0.2) is 20.2 Å². The van der Waals surface area contributed by atoms with Gasteiger partial charge in [0.25, 0.3) is 11.4 Å². The van der Waals surface area contributed by atoms with Gasteiger partial charge in [0, 0.05) is 64.6 Å². The molecule has 17 rings (SSSR count). The highest BCUT2D eigenvalue weighted by Gasteiger charge is 2.57. The summed E-state index contributed by atoms with van der Waals surface area (Å²) in [7, 11) is 0. The molecule has 5 heterocycles. The van der Waals surface area contributed by atoms with Crippen molar-refractivity contribution in [2.75, 3.05) is 0 Å². The van der Waals surface area contributed by atoms with Crippen molar-refractivity contribution in [1.82, 2.24) is 0 Å². The number of carbonyl (C=O) groups excluding carboxylic acids is 2. The van der Waals surface area contributed by atoms with E-state index in [2.05, 4.69) is 197 Å². The minimum Gasteiger partial charge on any atom is -0.289 e. The summed E-state index contributed by atoms with van der Waals surface area (Å²) in [6.07, 6.45) is 57.8. The second kappa shape index (κ2) is 46.6. The van der Waals surface area contributed by atoms with Gasteiger partial charge in [0.2, 0.25) is 0 Å². The Hall–Kier alpha value is -11.0. The van der Waals surface area contributed by atoms with Crippen molar-refractivity contribution in [3.05, 3.63) is 348 Å². The van der Waals surface area contributed by atoms with Gasteiger partial charge in [-0.05, 0) is 256 Å². The molecular formula is C128H136N4O2S5. The van der Waals surface area contributed by atoms with Gasteiger partial charge in [0.05, 0.1) is 69.7 Å². The molecule has 0 unspecified atom stereocenters. The molecule has 0 aliphatic heterocycles. The summed E-state index contributed by atoms with van der Waals surface area (Å²) in [5, 5.41) is 25.3. The van der Waals surface area contributed by atoms with Crippen LogP contribution in [0.2, 0.25) is 0 Å². The average molecular weight is 1920 g/mol.